The molecule has 6 nitrogen and oxygen atoms in total. The van der Waals surface area contributed by atoms with Gasteiger partial charge in [0.15, 0.2) is 0 Å². The second kappa shape index (κ2) is 8.07. The van der Waals surface area contributed by atoms with Crippen molar-refractivity contribution in [2.45, 2.75) is 19.5 Å². The van der Waals surface area contributed by atoms with Crippen molar-refractivity contribution in [1.82, 2.24) is 9.88 Å². The molecule has 0 radical (unpaired) electrons. The van der Waals surface area contributed by atoms with E-state index in [1.54, 1.807) is 37.4 Å². The summed E-state index contributed by atoms with van der Waals surface area (Å²) in [5.41, 5.74) is -0.159. The van der Waals surface area contributed by atoms with Crippen LogP contribution < -0.4 is 10.9 Å². The molecular weight excluding hydrogens is 384 g/mol. The fourth-order valence-corrected chi connectivity index (χ4v) is 3.07. The number of halogens is 1. The molecule has 122 valence electrons. The van der Waals surface area contributed by atoms with Crippen LogP contribution in [0.4, 0.5) is 0 Å². The molecule has 1 atom stereocenters. The predicted molar refractivity (Wildman–Crippen MR) is 90.6 cm³/mol. The first-order valence-electron chi connectivity index (χ1n) is 6.85. The summed E-state index contributed by atoms with van der Waals surface area (Å²) >= 11 is 4.56. The van der Waals surface area contributed by atoms with Gasteiger partial charge in [-0.25, -0.2) is 4.79 Å². The molecule has 2 heterocycles. The highest BCUT2D eigenvalue weighted by Crippen LogP contribution is 2.21. The van der Waals surface area contributed by atoms with Crippen LogP contribution in [-0.2, 0) is 16.1 Å². The number of hydrogen-bond donors (Lipinski definition) is 1. The minimum atomic E-state index is -0.768. The molecule has 0 saturated carbocycles. The van der Waals surface area contributed by atoms with Gasteiger partial charge in [-0.15, -0.1) is 11.3 Å². The van der Waals surface area contributed by atoms with Gasteiger partial charge in [0.05, 0.1) is 15.2 Å². The second-order valence-corrected chi connectivity index (χ2v) is 7.16. The summed E-state index contributed by atoms with van der Waals surface area (Å²) in [7, 11) is 0. The van der Waals surface area contributed by atoms with E-state index in [0.717, 1.165) is 3.79 Å². The molecular formula is C15H15BrN2O4S. The molecule has 8 heteroatoms. The Morgan fingerprint density at radius 1 is 1.35 bits per heavy atom. The van der Waals surface area contributed by atoms with Crippen molar-refractivity contribution < 1.29 is 14.3 Å². The first-order valence-corrected chi connectivity index (χ1v) is 8.46. The Labute approximate surface area is 145 Å². The van der Waals surface area contributed by atoms with Gasteiger partial charge in [-0.2, -0.15) is 0 Å². The molecule has 23 heavy (non-hydrogen) atoms. The van der Waals surface area contributed by atoms with E-state index in [-0.39, 0.29) is 24.6 Å². The molecule has 0 fully saturated rings. The number of ether oxygens (including phenoxy) is 1. The van der Waals surface area contributed by atoms with Crippen molar-refractivity contribution in [3.05, 3.63) is 55.5 Å². The molecule has 1 N–H and O–H groups in total. The number of hydrogen-bond acceptors (Lipinski definition) is 5. The third-order valence-corrected chi connectivity index (χ3v) is 4.60. The minimum Gasteiger partial charge on any atom is -0.462 e. The van der Waals surface area contributed by atoms with Gasteiger partial charge in [0.1, 0.15) is 12.6 Å². The average molecular weight is 399 g/mol. The zero-order valence-corrected chi connectivity index (χ0v) is 14.7. The SMILES string of the molecule is C[C@@H](NC(=O)c1ccc(Br)s1)C(=O)OCCn1ccccc1=O. The van der Waals surface area contributed by atoms with Gasteiger partial charge in [0.25, 0.3) is 11.5 Å². The third-order valence-electron chi connectivity index (χ3n) is 2.97. The van der Waals surface area contributed by atoms with Gasteiger partial charge in [0.2, 0.25) is 0 Å². The number of rotatable bonds is 6. The van der Waals surface area contributed by atoms with Crippen molar-refractivity contribution in [3.63, 3.8) is 0 Å². The van der Waals surface area contributed by atoms with Crippen LogP contribution in [0.25, 0.3) is 0 Å². The monoisotopic (exact) mass is 398 g/mol. The number of nitrogens with one attached hydrogen (secondary N) is 1. The third kappa shape index (κ3) is 5.04. The van der Waals surface area contributed by atoms with E-state index in [2.05, 4.69) is 21.2 Å². The van der Waals surface area contributed by atoms with Gasteiger partial charge in [-0.05, 0) is 41.1 Å². The summed E-state index contributed by atoms with van der Waals surface area (Å²) in [4.78, 5) is 35.8. The summed E-state index contributed by atoms with van der Waals surface area (Å²) in [6, 6.07) is 7.47. The van der Waals surface area contributed by atoms with Crippen LogP contribution in [0, 0.1) is 0 Å². The number of nitrogens with zero attached hydrogens (tertiary/aromatic N) is 1. The molecule has 0 aliphatic carbocycles. The Balaban J connectivity index is 1.80. The minimum absolute atomic E-state index is 0.0630. The van der Waals surface area contributed by atoms with Crippen LogP contribution in [0.5, 0.6) is 0 Å². The van der Waals surface area contributed by atoms with Crippen LogP contribution in [0.3, 0.4) is 0 Å². The quantitative estimate of drug-likeness (QED) is 0.755. The van der Waals surface area contributed by atoms with Crippen molar-refractivity contribution in [2.75, 3.05) is 6.61 Å². The molecule has 0 aromatic carbocycles. The van der Waals surface area contributed by atoms with Crippen LogP contribution in [-0.4, -0.2) is 29.1 Å². The lowest BCUT2D eigenvalue weighted by Gasteiger charge is -2.13. The Kier molecular flexibility index (Phi) is 6.12. The molecule has 0 aliphatic heterocycles. The largest absolute Gasteiger partial charge is 0.462 e. The average Bonchev–Trinajstić information content (AvgIpc) is 2.95. The Morgan fingerprint density at radius 2 is 2.13 bits per heavy atom. The van der Waals surface area contributed by atoms with Crippen LogP contribution in [0.2, 0.25) is 0 Å². The van der Waals surface area contributed by atoms with Crippen molar-refractivity contribution in [1.29, 1.82) is 0 Å². The standard InChI is InChI=1S/C15H15BrN2O4S/c1-10(17-14(20)11-5-6-12(16)23-11)15(21)22-9-8-18-7-3-2-4-13(18)19/h2-7,10H,8-9H2,1H3,(H,17,20)/t10-/m1/s1. The van der Waals surface area contributed by atoms with Crippen molar-refractivity contribution >= 4 is 39.1 Å². The van der Waals surface area contributed by atoms with Gasteiger partial charge >= 0.3 is 5.97 Å². The lowest BCUT2D eigenvalue weighted by atomic mass is 10.3. The topological polar surface area (TPSA) is 77.4 Å². The summed E-state index contributed by atoms with van der Waals surface area (Å²) in [6.07, 6.45) is 1.62. The summed E-state index contributed by atoms with van der Waals surface area (Å²) in [5, 5.41) is 2.58. The molecule has 0 saturated heterocycles. The maximum atomic E-state index is 11.9. The van der Waals surface area contributed by atoms with E-state index in [1.165, 1.54) is 22.0 Å². The van der Waals surface area contributed by atoms with E-state index in [1.807, 2.05) is 0 Å². The number of amides is 1. The lowest BCUT2D eigenvalue weighted by Crippen LogP contribution is -2.39. The van der Waals surface area contributed by atoms with Gasteiger partial charge in [-0.3, -0.25) is 9.59 Å². The summed E-state index contributed by atoms with van der Waals surface area (Å²) < 4.78 is 7.37. The zero-order chi connectivity index (χ0) is 16.8. The van der Waals surface area contributed by atoms with E-state index in [4.69, 9.17) is 4.74 Å². The molecule has 0 aliphatic rings. The molecule has 0 unspecified atom stereocenters. The van der Waals surface area contributed by atoms with Crippen LogP contribution in [0.1, 0.15) is 16.6 Å². The molecule has 2 aromatic heterocycles. The van der Waals surface area contributed by atoms with Gasteiger partial charge in [0, 0.05) is 12.3 Å². The first kappa shape index (κ1) is 17.4. The fourth-order valence-electron chi connectivity index (χ4n) is 1.78. The van der Waals surface area contributed by atoms with E-state index >= 15 is 0 Å². The number of carbonyl (C=O) groups is 2. The Hall–Kier alpha value is -1.93. The highest BCUT2D eigenvalue weighted by Gasteiger charge is 2.18. The van der Waals surface area contributed by atoms with Gasteiger partial charge < -0.3 is 14.6 Å². The van der Waals surface area contributed by atoms with E-state index in [0.29, 0.717) is 4.88 Å². The highest BCUT2D eigenvalue weighted by molar-refractivity contribution is 9.11. The highest BCUT2D eigenvalue weighted by atomic mass is 79.9. The number of esters is 1. The Morgan fingerprint density at radius 3 is 2.78 bits per heavy atom. The first-order chi connectivity index (χ1) is 11.0. The molecule has 0 bridgehead atoms. The van der Waals surface area contributed by atoms with Crippen LogP contribution in [0.15, 0.2) is 45.1 Å². The predicted octanol–water partition coefficient (Wildman–Crippen LogP) is 2.03. The molecule has 2 rings (SSSR count). The number of carbonyl (C=O) groups excluding carboxylic acids is 2. The number of pyridine rings is 1. The maximum Gasteiger partial charge on any atom is 0.328 e. The zero-order valence-electron chi connectivity index (χ0n) is 12.3. The van der Waals surface area contributed by atoms with E-state index < -0.39 is 12.0 Å². The number of thiophene rings is 1. The molecule has 2 aromatic rings. The smallest absolute Gasteiger partial charge is 0.328 e. The number of aromatic nitrogens is 1. The van der Waals surface area contributed by atoms with Crippen LogP contribution >= 0.6 is 27.3 Å². The second-order valence-electron chi connectivity index (χ2n) is 4.70. The molecule has 0 spiro atoms. The van der Waals surface area contributed by atoms with Crippen molar-refractivity contribution in [2.24, 2.45) is 0 Å². The lowest BCUT2D eigenvalue weighted by molar-refractivity contribution is -0.145. The molecule has 1 amide bonds. The van der Waals surface area contributed by atoms with E-state index in [9.17, 15) is 14.4 Å². The Bertz CT molecular complexity index is 756. The fraction of sp³-hybridized carbons (Fsp3) is 0.267. The van der Waals surface area contributed by atoms with Crippen molar-refractivity contribution in [3.8, 4) is 0 Å². The van der Waals surface area contributed by atoms with Gasteiger partial charge in [-0.1, -0.05) is 6.07 Å². The maximum absolute atomic E-state index is 11.9. The summed E-state index contributed by atoms with van der Waals surface area (Å²) in [6.45, 7) is 1.88. The normalized spacial score (nSPS) is 11.7. The summed E-state index contributed by atoms with van der Waals surface area (Å²) in [5.74, 6) is -0.873.